The monoisotopic (exact) mass is 242 g/mol. The lowest BCUT2D eigenvalue weighted by Gasteiger charge is -2.06. The van der Waals surface area contributed by atoms with Gasteiger partial charge in [-0.05, 0) is 38.4 Å². The summed E-state index contributed by atoms with van der Waals surface area (Å²) in [6.45, 7) is 3.21. The third-order valence-electron chi connectivity index (χ3n) is 3.47. The average molecular weight is 242 g/mol. The van der Waals surface area contributed by atoms with Gasteiger partial charge in [0.2, 0.25) is 0 Å². The lowest BCUT2D eigenvalue weighted by atomic mass is 10.1. The van der Waals surface area contributed by atoms with E-state index in [-0.39, 0.29) is 0 Å². The van der Waals surface area contributed by atoms with Crippen LogP contribution in [0.1, 0.15) is 24.4 Å². The largest absolute Gasteiger partial charge is 0.346 e. The van der Waals surface area contributed by atoms with E-state index < -0.39 is 0 Å². The molecule has 0 bridgehead atoms. The maximum Gasteiger partial charge on any atom is 0.108 e. The Morgan fingerprint density at radius 1 is 1.44 bits per heavy atom. The van der Waals surface area contributed by atoms with Gasteiger partial charge in [0.1, 0.15) is 5.82 Å². The summed E-state index contributed by atoms with van der Waals surface area (Å²) in [5.74, 6) is 1.07. The molecule has 2 aromatic rings. The van der Waals surface area contributed by atoms with E-state index in [2.05, 4.69) is 22.2 Å². The molecule has 94 valence electrons. The van der Waals surface area contributed by atoms with Crippen molar-refractivity contribution in [2.45, 2.75) is 32.2 Å². The normalized spacial score (nSPS) is 19.3. The molecule has 4 heteroatoms. The molecule has 1 saturated heterocycles. The topological polar surface area (TPSA) is 53.6 Å². The first kappa shape index (κ1) is 11.4. The molecular formula is C14H18N4. The molecule has 0 spiro atoms. The molecule has 2 N–H and O–H groups in total. The Kier molecular flexibility index (Phi) is 3.11. The van der Waals surface area contributed by atoms with Crippen molar-refractivity contribution in [2.75, 3.05) is 6.54 Å². The predicted octanol–water partition coefficient (Wildman–Crippen LogP) is 2.07. The Hall–Kier alpha value is -1.68. The number of aromatic nitrogens is 3. The standard InChI is InChI=1S/C14H18N4/c1-10-14(11-4-2-6-15-9-11)18-13(17-10)8-12-5-3-7-16-12/h2,4,6,9,12,16H,3,5,7-8H2,1H3,(H,17,18). The van der Waals surface area contributed by atoms with Crippen LogP contribution in [0.2, 0.25) is 0 Å². The molecule has 1 aliphatic rings. The van der Waals surface area contributed by atoms with E-state index in [4.69, 9.17) is 4.98 Å². The van der Waals surface area contributed by atoms with Crippen molar-refractivity contribution < 1.29 is 0 Å². The van der Waals surface area contributed by atoms with Gasteiger partial charge in [0.05, 0.1) is 5.69 Å². The first-order valence-corrected chi connectivity index (χ1v) is 6.52. The molecule has 1 fully saturated rings. The minimum Gasteiger partial charge on any atom is -0.346 e. The van der Waals surface area contributed by atoms with E-state index >= 15 is 0 Å². The Balaban J connectivity index is 1.82. The zero-order chi connectivity index (χ0) is 12.4. The third kappa shape index (κ3) is 2.29. The average Bonchev–Trinajstić information content (AvgIpc) is 3.01. The van der Waals surface area contributed by atoms with E-state index in [0.29, 0.717) is 6.04 Å². The highest BCUT2D eigenvalue weighted by Gasteiger charge is 2.17. The van der Waals surface area contributed by atoms with E-state index in [0.717, 1.165) is 35.7 Å². The maximum atomic E-state index is 4.71. The molecule has 3 heterocycles. The summed E-state index contributed by atoms with van der Waals surface area (Å²) in [5, 5.41) is 3.50. The summed E-state index contributed by atoms with van der Waals surface area (Å²) >= 11 is 0. The van der Waals surface area contributed by atoms with Crippen LogP contribution >= 0.6 is 0 Å². The van der Waals surface area contributed by atoms with Crippen molar-refractivity contribution in [2.24, 2.45) is 0 Å². The van der Waals surface area contributed by atoms with Crippen molar-refractivity contribution in [1.29, 1.82) is 0 Å². The Morgan fingerprint density at radius 2 is 2.39 bits per heavy atom. The number of hydrogen-bond donors (Lipinski definition) is 2. The molecular weight excluding hydrogens is 224 g/mol. The summed E-state index contributed by atoms with van der Waals surface area (Å²) in [7, 11) is 0. The molecule has 0 radical (unpaired) electrons. The quantitative estimate of drug-likeness (QED) is 0.866. The summed E-state index contributed by atoms with van der Waals surface area (Å²) in [4.78, 5) is 12.2. The van der Waals surface area contributed by atoms with Gasteiger partial charge in [0.15, 0.2) is 0 Å². The molecule has 1 unspecified atom stereocenters. The van der Waals surface area contributed by atoms with Gasteiger partial charge in [-0.1, -0.05) is 0 Å². The summed E-state index contributed by atoms with van der Waals surface area (Å²) in [6.07, 6.45) is 7.17. The van der Waals surface area contributed by atoms with Crippen LogP contribution in [0.4, 0.5) is 0 Å². The number of pyridine rings is 1. The van der Waals surface area contributed by atoms with Crippen molar-refractivity contribution in [1.82, 2.24) is 20.3 Å². The predicted molar refractivity (Wildman–Crippen MR) is 71.3 cm³/mol. The number of hydrogen-bond acceptors (Lipinski definition) is 3. The van der Waals surface area contributed by atoms with Gasteiger partial charge in [0.25, 0.3) is 0 Å². The van der Waals surface area contributed by atoms with Crippen LogP contribution in [0.25, 0.3) is 11.3 Å². The van der Waals surface area contributed by atoms with Crippen molar-refractivity contribution >= 4 is 0 Å². The van der Waals surface area contributed by atoms with Gasteiger partial charge < -0.3 is 10.3 Å². The third-order valence-corrected chi connectivity index (χ3v) is 3.47. The SMILES string of the molecule is Cc1[nH]c(CC2CCCN2)nc1-c1cccnc1. The fraction of sp³-hybridized carbons (Fsp3) is 0.429. The van der Waals surface area contributed by atoms with Crippen LogP contribution in [0, 0.1) is 6.92 Å². The second-order valence-electron chi connectivity index (χ2n) is 4.90. The molecule has 0 amide bonds. The van der Waals surface area contributed by atoms with Crippen LogP contribution in [0.15, 0.2) is 24.5 Å². The van der Waals surface area contributed by atoms with E-state index in [1.807, 2.05) is 18.3 Å². The second kappa shape index (κ2) is 4.90. The number of nitrogens with one attached hydrogen (secondary N) is 2. The van der Waals surface area contributed by atoms with E-state index in [1.165, 1.54) is 12.8 Å². The van der Waals surface area contributed by atoms with Crippen LogP contribution in [0.5, 0.6) is 0 Å². The number of H-pyrrole nitrogens is 1. The fourth-order valence-corrected chi connectivity index (χ4v) is 2.57. The summed E-state index contributed by atoms with van der Waals surface area (Å²) in [6, 6.07) is 4.58. The summed E-state index contributed by atoms with van der Waals surface area (Å²) in [5.41, 5.74) is 3.23. The molecule has 0 aromatic carbocycles. The zero-order valence-corrected chi connectivity index (χ0v) is 10.6. The minimum absolute atomic E-state index is 0.581. The van der Waals surface area contributed by atoms with Gasteiger partial charge >= 0.3 is 0 Å². The van der Waals surface area contributed by atoms with Crippen molar-refractivity contribution in [3.63, 3.8) is 0 Å². The fourth-order valence-electron chi connectivity index (χ4n) is 2.57. The van der Waals surface area contributed by atoms with Gasteiger partial charge in [-0.3, -0.25) is 4.98 Å². The maximum absolute atomic E-state index is 4.71. The van der Waals surface area contributed by atoms with Crippen LogP contribution in [-0.2, 0) is 6.42 Å². The van der Waals surface area contributed by atoms with Crippen LogP contribution in [0.3, 0.4) is 0 Å². The first-order chi connectivity index (χ1) is 8.83. The molecule has 1 aliphatic heterocycles. The molecule has 18 heavy (non-hydrogen) atoms. The molecule has 0 saturated carbocycles. The highest BCUT2D eigenvalue weighted by atomic mass is 15.0. The number of nitrogens with zero attached hydrogens (tertiary/aromatic N) is 2. The van der Waals surface area contributed by atoms with Gasteiger partial charge in [-0.25, -0.2) is 4.98 Å². The van der Waals surface area contributed by atoms with E-state index in [9.17, 15) is 0 Å². The Labute approximate surface area is 107 Å². The lowest BCUT2D eigenvalue weighted by molar-refractivity contribution is 0.588. The van der Waals surface area contributed by atoms with Crippen LogP contribution < -0.4 is 5.32 Å². The molecule has 2 aromatic heterocycles. The molecule has 3 rings (SSSR count). The van der Waals surface area contributed by atoms with Crippen molar-refractivity contribution in [3.05, 3.63) is 36.0 Å². The molecule has 0 aliphatic carbocycles. The number of aryl methyl sites for hydroxylation is 1. The Morgan fingerprint density at radius 3 is 3.11 bits per heavy atom. The number of rotatable bonds is 3. The first-order valence-electron chi connectivity index (χ1n) is 6.52. The van der Waals surface area contributed by atoms with Gasteiger partial charge in [-0.15, -0.1) is 0 Å². The lowest BCUT2D eigenvalue weighted by Crippen LogP contribution is -2.24. The molecule has 4 nitrogen and oxygen atoms in total. The molecule has 1 atom stereocenters. The Bertz CT molecular complexity index is 512. The smallest absolute Gasteiger partial charge is 0.108 e. The van der Waals surface area contributed by atoms with Gasteiger partial charge in [-0.2, -0.15) is 0 Å². The number of aromatic amines is 1. The zero-order valence-electron chi connectivity index (χ0n) is 10.6. The number of imidazole rings is 1. The van der Waals surface area contributed by atoms with Gasteiger partial charge in [0, 0.05) is 36.1 Å². The second-order valence-corrected chi connectivity index (χ2v) is 4.90. The highest BCUT2D eigenvalue weighted by molar-refractivity contribution is 5.60. The summed E-state index contributed by atoms with van der Waals surface area (Å²) < 4.78 is 0. The van der Waals surface area contributed by atoms with Crippen LogP contribution in [-0.4, -0.2) is 27.5 Å². The van der Waals surface area contributed by atoms with Crippen molar-refractivity contribution in [3.8, 4) is 11.3 Å². The van der Waals surface area contributed by atoms with E-state index in [1.54, 1.807) is 6.20 Å². The minimum atomic E-state index is 0.581. The highest BCUT2D eigenvalue weighted by Crippen LogP contribution is 2.21.